The molecule has 1 aliphatic rings. The number of hydrogen-bond donors (Lipinski definition) is 4. The fraction of sp³-hybridized carbons (Fsp3) is 1.00. The Morgan fingerprint density at radius 3 is 2.42 bits per heavy atom. The Morgan fingerprint density at radius 1 is 1.33 bits per heavy atom. The highest BCUT2D eigenvalue weighted by Crippen LogP contribution is 2.17. The van der Waals surface area contributed by atoms with E-state index >= 15 is 0 Å². The average Bonchev–Trinajstić information content (AvgIpc) is 2.08. The highest BCUT2D eigenvalue weighted by Gasteiger charge is 2.38. The molecule has 5 atom stereocenters. The van der Waals surface area contributed by atoms with Crippen molar-refractivity contribution < 1.29 is 14.9 Å². The monoisotopic (exact) mass is 176 g/mol. The van der Waals surface area contributed by atoms with Crippen molar-refractivity contribution in [3.63, 3.8) is 0 Å². The van der Waals surface area contributed by atoms with E-state index in [1.165, 1.54) is 0 Å². The van der Waals surface area contributed by atoms with Crippen molar-refractivity contribution in [1.82, 2.24) is 0 Å². The summed E-state index contributed by atoms with van der Waals surface area (Å²) in [6.45, 7) is 1.55. The SMILES string of the molecule is C[C@H]1O[C@H](CO)[C@@H](O)[C@H](N)[C@H]1N. The predicted octanol–water partition coefficient (Wildman–Crippen LogP) is -2.22. The second-order valence-corrected chi connectivity index (χ2v) is 3.21. The Kier molecular flexibility index (Phi) is 3.03. The first kappa shape index (κ1) is 9.88. The summed E-state index contributed by atoms with van der Waals surface area (Å²) in [6, 6.07) is -0.895. The van der Waals surface area contributed by atoms with Gasteiger partial charge in [-0.25, -0.2) is 0 Å². The Balaban J connectivity index is 2.63. The molecule has 0 radical (unpaired) electrons. The highest BCUT2D eigenvalue weighted by atomic mass is 16.5. The lowest BCUT2D eigenvalue weighted by Gasteiger charge is -2.40. The molecule has 1 rings (SSSR count). The van der Waals surface area contributed by atoms with Gasteiger partial charge in [-0.05, 0) is 6.92 Å². The van der Waals surface area contributed by atoms with Crippen molar-refractivity contribution in [1.29, 1.82) is 0 Å². The zero-order valence-electron chi connectivity index (χ0n) is 7.05. The molecule has 12 heavy (non-hydrogen) atoms. The Morgan fingerprint density at radius 2 is 1.92 bits per heavy atom. The largest absolute Gasteiger partial charge is 0.394 e. The van der Waals surface area contributed by atoms with Crippen LogP contribution in [0.2, 0.25) is 0 Å². The molecule has 5 heteroatoms. The number of rotatable bonds is 1. The fourth-order valence-electron chi connectivity index (χ4n) is 1.39. The molecule has 1 fully saturated rings. The lowest BCUT2D eigenvalue weighted by Crippen LogP contribution is -2.64. The van der Waals surface area contributed by atoms with E-state index in [1.54, 1.807) is 6.92 Å². The van der Waals surface area contributed by atoms with E-state index in [9.17, 15) is 5.11 Å². The van der Waals surface area contributed by atoms with Crippen LogP contribution < -0.4 is 11.5 Å². The molecule has 0 saturated carbocycles. The zero-order chi connectivity index (χ0) is 9.30. The molecular formula is C7H16N2O3. The van der Waals surface area contributed by atoms with Gasteiger partial charge in [0.05, 0.1) is 24.9 Å². The minimum Gasteiger partial charge on any atom is -0.394 e. The minimum absolute atomic E-state index is 0.222. The van der Waals surface area contributed by atoms with Crippen LogP contribution in [0, 0.1) is 0 Å². The molecule has 1 saturated heterocycles. The molecule has 0 spiro atoms. The summed E-state index contributed by atoms with van der Waals surface area (Å²) in [6.07, 6.45) is -1.70. The van der Waals surface area contributed by atoms with E-state index in [2.05, 4.69) is 0 Å². The van der Waals surface area contributed by atoms with Crippen LogP contribution in [0.15, 0.2) is 0 Å². The van der Waals surface area contributed by atoms with Crippen LogP contribution in [-0.4, -0.2) is 47.2 Å². The van der Waals surface area contributed by atoms with Crippen LogP contribution in [0.5, 0.6) is 0 Å². The van der Waals surface area contributed by atoms with Crippen molar-refractivity contribution in [2.75, 3.05) is 6.61 Å². The maximum absolute atomic E-state index is 9.44. The van der Waals surface area contributed by atoms with Gasteiger partial charge < -0.3 is 26.4 Å². The molecule has 0 amide bonds. The second kappa shape index (κ2) is 3.68. The van der Waals surface area contributed by atoms with Crippen molar-refractivity contribution >= 4 is 0 Å². The van der Waals surface area contributed by atoms with Gasteiger partial charge in [-0.2, -0.15) is 0 Å². The van der Waals surface area contributed by atoms with E-state index in [4.69, 9.17) is 21.3 Å². The molecule has 1 aliphatic heterocycles. The molecule has 72 valence electrons. The molecule has 0 aromatic rings. The lowest BCUT2D eigenvalue weighted by molar-refractivity contribution is -0.143. The standard InChI is InChI=1S/C7H16N2O3/c1-3-5(8)6(9)7(11)4(2-10)12-3/h3-7,10-11H,2,8-9H2,1H3/t3-,4-,5+,6-,7-/m1/s1. The van der Waals surface area contributed by atoms with E-state index < -0.39 is 18.2 Å². The van der Waals surface area contributed by atoms with Crippen LogP contribution >= 0.6 is 0 Å². The van der Waals surface area contributed by atoms with Gasteiger partial charge >= 0.3 is 0 Å². The fourth-order valence-corrected chi connectivity index (χ4v) is 1.39. The molecule has 0 aliphatic carbocycles. The van der Waals surface area contributed by atoms with E-state index in [1.807, 2.05) is 0 Å². The van der Waals surface area contributed by atoms with Gasteiger partial charge in [-0.3, -0.25) is 0 Å². The third-order valence-electron chi connectivity index (χ3n) is 2.33. The quantitative estimate of drug-likeness (QED) is 0.362. The highest BCUT2D eigenvalue weighted by molar-refractivity contribution is 4.95. The number of ether oxygens (including phenoxy) is 1. The summed E-state index contributed by atoms with van der Waals surface area (Å²) in [5.74, 6) is 0. The predicted molar refractivity (Wildman–Crippen MR) is 43.4 cm³/mol. The maximum Gasteiger partial charge on any atom is 0.108 e. The van der Waals surface area contributed by atoms with Crippen LogP contribution in [0.1, 0.15) is 6.92 Å². The molecule has 0 aromatic heterocycles. The number of nitrogens with two attached hydrogens (primary N) is 2. The number of aliphatic hydroxyl groups is 2. The van der Waals surface area contributed by atoms with E-state index in [0.717, 1.165) is 0 Å². The third kappa shape index (κ3) is 1.60. The summed E-state index contributed by atoms with van der Waals surface area (Å²) in [5.41, 5.74) is 11.2. The van der Waals surface area contributed by atoms with Gasteiger partial charge in [0.1, 0.15) is 6.10 Å². The first-order chi connectivity index (χ1) is 5.57. The first-order valence-corrected chi connectivity index (χ1v) is 4.03. The second-order valence-electron chi connectivity index (χ2n) is 3.21. The van der Waals surface area contributed by atoms with Gasteiger partial charge in [-0.15, -0.1) is 0 Å². The summed E-state index contributed by atoms with van der Waals surface area (Å²) >= 11 is 0. The summed E-state index contributed by atoms with van der Waals surface area (Å²) < 4.78 is 5.23. The average molecular weight is 176 g/mol. The number of hydrogen-bond acceptors (Lipinski definition) is 5. The van der Waals surface area contributed by atoms with Crippen LogP contribution in [-0.2, 0) is 4.74 Å². The molecule has 0 aromatic carbocycles. The summed E-state index contributed by atoms with van der Waals surface area (Å²) in [5, 5.41) is 18.2. The van der Waals surface area contributed by atoms with Crippen molar-refractivity contribution in [2.45, 2.75) is 37.3 Å². The molecule has 5 nitrogen and oxygen atoms in total. The molecule has 0 bridgehead atoms. The van der Waals surface area contributed by atoms with Crippen molar-refractivity contribution in [2.24, 2.45) is 11.5 Å². The normalized spacial score (nSPS) is 49.2. The van der Waals surface area contributed by atoms with Gasteiger partial charge in [0.2, 0.25) is 0 Å². The smallest absolute Gasteiger partial charge is 0.108 e. The summed E-state index contributed by atoms with van der Waals surface area (Å²) in [4.78, 5) is 0. The molecule has 0 unspecified atom stereocenters. The van der Waals surface area contributed by atoms with Crippen molar-refractivity contribution in [3.05, 3.63) is 0 Å². The molecular weight excluding hydrogens is 160 g/mol. The Labute approximate surface area is 71.3 Å². The van der Waals surface area contributed by atoms with Gasteiger partial charge in [0.15, 0.2) is 0 Å². The van der Waals surface area contributed by atoms with E-state index in [0.29, 0.717) is 0 Å². The van der Waals surface area contributed by atoms with Crippen LogP contribution in [0.4, 0.5) is 0 Å². The third-order valence-corrected chi connectivity index (χ3v) is 2.33. The molecule has 1 heterocycles. The maximum atomic E-state index is 9.44. The number of aliphatic hydroxyl groups excluding tert-OH is 2. The minimum atomic E-state index is -0.874. The first-order valence-electron chi connectivity index (χ1n) is 4.03. The topological polar surface area (TPSA) is 102 Å². The van der Waals surface area contributed by atoms with Crippen molar-refractivity contribution in [3.8, 4) is 0 Å². The van der Waals surface area contributed by atoms with Crippen LogP contribution in [0.3, 0.4) is 0 Å². The van der Waals surface area contributed by atoms with E-state index in [-0.39, 0.29) is 18.8 Å². The van der Waals surface area contributed by atoms with Gasteiger partial charge in [0, 0.05) is 6.04 Å². The summed E-state index contributed by atoms with van der Waals surface area (Å²) in [7, 11) is 0. The van der Waals surface area contributed by atoms with Gasteiger partial charge in [-0.1, -0.05) is 0 Å². The molecule has 6 N–H and O–H groups in total. The van der Waals surface area contributed by atoms with Gasteiger partial charge in [0.25, 0.3) is 0 Å². The lowest BCUT2D eigenvalue weighted by atomic mass is 9.93. The zero-order valence-corrected chi connectivity index (χ0v) is 7.05. The Hall–Kier alpha value is -0.200. The van der Waals surface area contributed by atoms with Crippen LogP contribution in [0.25, 0.3) is 0 Å². The Bertz CT molecular complexity index is 151.